The molecule has 1 aromatic heterocycles. The largest absolute Gasteiger partial charge is 0.436 e. The van der Waals surface area contributed by atoms with Gasteiger partial charge in [0.15, 0.2) is 5.75 Å². The summed E-state index contributed by atoms with van der Waals surface area (Å²) in [6.07, 6.45) is 1.28. The zero-order valence-electron chi connectivity index (χ0n) is 9.01. The topological polar surface area (TPSA) is 78.2 Å². The summed E-state index contributed by atoms with van der Waals surface area (Å²) in [5.74, 6) is 0.216. The predicted molar refractivity (Wildman–Crippen MR) is 72.9 cm³/mol. The molecule has 0 saturated heterocycles. The SMILES string of the molecule is O=[N+]([O-])c1ccc(Br)c(Oc2nc(Cl)ncc2Cl)c1. The third kappa shape index (κ3) is 3.31. The lowest BCUT2D eigenvalue weighted by Gasteiger charge is -2.07. The number of hydrogen-bond acceptors (Lipinski definition) is 5. The molecule has 0 spiro atoms. The fraction of sp³-hybridized carbons (Fsp3) is 0. The van der Waals surface area contributed by atoms with Gasteiger partial charge in [-0.15, -0.1) is 0 Å². The molecule has 0 fully saturated rings. The van der Waals surface area contributed by atoms with E-state index in [4.69, 9.17) is 27.9 Å². The third-order valence-electron chi connectivity index (χ3n) is 2.01. The summed E-state index contributed by atoms with van der Waals surface area (Å²) < 4.78 is 5.91. The van der Waals surface area contributed by atoms with E-state index in [2.05, 4.69) is 25.9 Å². The molecule has 2 aromatic rings. The van der Waals surface area contributed by atoms with Gasteiger partial charge in [0, 0.05) is 6.07 Å². The zero-order chi connectivity index (χ0) is 14.0. The van der Waals surface area contributed by atoms with Gasteiger partial charge in [-0.25, -0.2) is 4.98 Å². The molecule has 9 heteroatoms. The number of rotatable bonds is 3. The van der Waals surface area contributed by atoms with Crippen molar-refractivity contribution in [3.8, 4) is 11.6 Å². The van der Waals surface area contributed by atoms with Crippen molar-refractivity contribution >= 4 is 44.8 Å². The molecule has 0 aliphatic rings. The highest BCUT2D eigenvalue weighted by Gasteiger charge is 2.14. The molecule has 6 nitrogen and oxygen atoms in total. The summed E-state index contributed by atoms with van der Waals surface area (Å²) in [5, 5.41) is 10.8. The maximum atomic E-state index is 10.7. The minimum atomic E-state index is -0.534. The van der Waals surface area contributed by atoms with Gasteiger partial charge in [0.2, 0.25) is 11.2 Å². The molecule has 0 unspecified atom stereocenters. The van der Waals surface area contributed by atoms with Gasteiger partial charge in [-0.2, -0.15) is 4.98 Å². The molecule has 1 aromatic carbocycles. The zero-order valence-corrected chi connectivity index (χ0v) is 12.1. The predicted octanol–water partition coefficient (Wildman–Crippen LogP) is 4.25. The van der Waals surface area contributed by atoms with E-state index in [0.717, 1.165) is 0 Å². The van der Waals surface area contributed by atoms with Gasteiger partial charge < -0.3 is 4.74 Å². The lowest BCUT2D eigenvalue weighted by Crippen LogP contribution is -1.94. The van der Waals surface area contributed by atoms with Crippen LogP contribution >= 0.6 is 39.1 Å². The molecule has 2 rings (SSSR count). The van der Waals surface area contributed by atoms with Crippen molar-refractivity contribution in [3.63, 3.8) is 0 Å². The van der Waals surface area contributed by atoms with Crippen molar-refractivity contribution in [2.45, 2.75) is 0 Å². The maximum Gasteiger partial charge on any atom is 0.273 e. The molecule has 0 radical (unpaired) electrons. The Balaban J connectivity index is 2.40. The van der Waals surface area contributed by atoms with E-state index in [9.17, 15) is 10.1 Å². The van der Waals surface area contributed by atoms with Crippen LogP contribution < -0.4 is 4.74 Å². The Hall–Kier alpha value is -1.44. The Labute approximate surface area is 125 Å². The summed E-state index contributed by atoms with van der Waals surface area (Å²) >= 11 is 14.7. The second-order valence-electron chi connectivity index (χ2n) is 3.27. The smallest absolute Gasteiger partial charge is 0.273 e. The molecule has 19 heavy (non-hydrogen) atoms. The van der Waals surface area contributed by atoms with Crippen LogP contribution in [0.2, 0.25) is 10.3 Å². The van der Waals surface area contributed by atoms with E-state index in [1.54, 1.807) is 0 Å². The average Bonchev–Trinajstić information content (AvgIpc) is 2.36. The van der Waals surface area contributed by atoms with Gasteiger partial charge >= 0.3 is 0 Å². The standard InChI is InChI=1S/C10H4BrCl2N3O3/c11-6-2-1-5(16(17)18)3-8(6)19-9-7(12)4-14-10(13)15-9/h1-4H. The van der Waals surface area contributed by atoms with Crippen LogP contribution in [0.25, 0.3) is 0 Å². The van der Waals surface area contributed by atoms with Crippen LogP contribution in [0, 0.1) is 10.1 Å². The van der Waals surface area contributed by atoms with Crippen LogP contribution in [-0.2, 0) is 0 Å². The fourth-order valence-electron chi connectivity index (χ4n) is 1.19. The summed E-state index contributed by atoms with van der Waals surface area (Å²) in [6, 6.07) is 4.08. The molecule has 98 valence electrons. The van der Waals surface area contributed by atoms with Crippen molar-refractivity contribution < 1.29 is 9.66 Å². The van der Waals surface area contributed by atoms with Gasteiger partial charge in [0.05, 0.1) is 21.7 Å². The first kappa shape index (κ1) is 14.0. The van der Waals surface area contributed by atoms with Crippen LogP contribution in [0.15, 0.2) is 28.9 Å². The van der Waals surface area contributed by atoms with Gasteiger partial charge in [0.25, 0.3) is 5.69 Å². The van der Waals surface area contributed by atoms with Gasteiger partial charge in [-0.1, -0.05) is 11.6 Å². The molecule has 0 aliphatic heterocycles. The Morgan fingerprint density at radius 1 is 1.37 bits per heavy atom. The van der Waals surface area contributed by atoms with Crippen LogP contribution in [0.5, 0.6) is 11.6 Å². The molecule has 0 aliphatic carbocycles. The lowest BCUT2D eigenvalue weighted by atomic mass is 10.3. The Kier molecular flexibility index (Phi) is 4.18. The average molecular weight is 365 g/mol. The number of nitrogens with zero attached hydrogens (tertiary/aromatic N) is 3. The van der Waals surface area contributed by atoms with Crippen molar-refractivity contribution in [1.29, 1.82) is 0 Å². The first-order valence-corrected chi connectivity index (χ1v) is 6.32. The van der Waals surface area contributed by atoms with Crippen LogP contribution in [0.3, 0.4) is 0 Å². The highest BCUT2D eigenvalue weighted by molar-refractivity contribution is 9.10. The minimum Gasteiger partial charge on any atom is -0.436 e. The molecule has 0 bridgehead atoms. The summed E-state index contributed by atoms with van der Waals surface area (Å²) in [6.45, 7) is 0. The molecular weight excluding hydrogens is 361 g/mol. The lowest BCUT2D eigenvalue weighted by molar-refractivity contribution is -0.384. The van der Waals surface area contributed by atoms with Crippen molar-refractivity contribution in [3.05, 3.63) is 49.3 Å². The Morgan fingerprint density at radius 2 is 2.11 bits per heavy atom. The van der Waals surface area contributed by atoms with Crippen molar-refractivity contribution in [2.75, 3.05) is 0 Å². The molecule has 0 N–H and O–H groups in total. The molecule has 0 amide bonds. The quantitative estimate of drug-likeness (QED) is 0.462. The Morgan fingerprint density at radius 3 is 2.79 bits per heavy atom. The van der Waals surface area contributed by atoms with E-state index in [0.29, 0.717) is 4.47 Å². The number of ether oxygens (including phenoxy) is 1. The third-order valence-corrected chi connectivity index (χ3v) is 3.11. The normalized spacial score (nSPS) is 10.3. The van der Waals surface area contributed by atoms with Crippen molar-refractivity contribution in [2.24, 2.45) is 0 Å². The number of hydrogen-bond donors (Lipinski definition) is 0. The van der Waals surface area contributed by atoms with E-state index in [-0.39, 0.29) is 27.6 Å². The molecule has 0 atom stereocenters. The second-order valence-corrected chi connectivity index (χ2v) is 4.87. The number of non-ortho nitro benzene ring substituents is 1. The van der Waals surface area contributed by atoms with E-state index < -0.39 is 4.92 Å². The van der Waals surface area contributed by atoms with Crippen LogP contribution in [0.1, 0.15) is 0 Å². The van der Waals surface area contributed by atoms with Crippen molar-refractivity contribution in [1.82, 2.24) is 9.97 Å². The van der Waals surface area contributed by atoms with Gasteiger partial charge in [0.1, 0.15) is 5.02 Å². The highest BCUT2D eigenvalue weighted by Crippen LogP contribution is 2.34. The van der Waals surface area contributed by atoms with E-state index in [1.165, 1.54) is 24.4 Å². The molecule has 1 heterocycles. The number of halogens is 3. The maximum absolute atomic E-state index is 10.7. The molecule has 0 saturated carbocycles. The summed E-state index contributed by atoms with van der Waals surface area (Å²) in [4.78, 5) is 17.6. The second kappa shape index (κ2) is 5.68. The number of benzene rings is 1. The number of nitro benzene ring substituents is 1. The minimum absolute atomic E-state index is 0.0165. The van der Waals surface area contributed by atoms with E-state index >= 15 is 0 Å². The fourth-order valence-corrected chi connectivity index (χ4v) is 1.77. The number of nitro groups is 1. The summed E-state index contributed by atoms with van der Waals surface area (Å²) in [7, 11) is 0. The monoisotopic (exact) mass is 363 g/mol. The summed E-state index contributed by atoms with van der Waals surface area (Å²) in [5.41, 5.74) is -0.116. The first-order valence-electron chi connectivity index (χ1n) is 4.77. The Bertz CT molecular complexity index is 654. The number of aromatic nitrogens is 2. The van der Waals surface area contributed by atoms with Gasteiger partial charge in [-0.05, 0) is 33.6 Å². The first-order chi connectivity index (χ1) is 8.97. The van der Waals surface area contributed by atoms with Crippen LogP contribution in [-0.4, -0.2) is 14.9 Å². The van der Waals surface area contributed by atoms with E-state index in [1.807, 2.05) is 0 Å². The van der Waals surface area contributed by atoms with Gasteiger partial charge in [-0.3, -0.25) is 10.1 Å². The molecular formula is C10H4BrCl2N3O3. The highest BCUT2D eigenvalue weighted by atomic mass is 79.9. The van der Waals surface area contributed by atoms with Crippen LogP contribution in [0.4, 0.5) is 5.69 Å².